The van der Waals surface area contributed by atoms with E-state index < -0.39 is 0 Å². The van der Waals surface area contributed by atoms with E-state index in [1.807, 2.05) is 30.3 Å². The van der Waals surface area contributed by atoms with E-state index in [2.05, 4.69) is 12.1 Å². The predicted octanol–water partition coefficient (Wildman–Crippen LogP) is -0.645. The molecule has 2 aromatic carbocycles. The van der Waals surface area contributed by atoms with Crippen molar-refractivity contribution in [1.29, 1.82) is 0 Å². The van der Waals surface area contributed by atoms with Crippen molar-refractivity contribution in [2.24, 2.45) is 0 Å². The molecule has 0 aliphatic rings. The summed E-state index contributed by atoms with van der Waals surface area (Å²) in [6.45, 7) is 0. The van der Waals surface area contributed by atoms with Crippen molar-refractivity contribution < 1.29 is 24.0 Å². The molecule has 0 bridgehead atoms. The predicted molar refractivity (Wildman–Crippen MR) is 55.1 cm³/mol. The summed E-state index contributed by atoms with van der Waals surface area (Å²) in [4.78, 5) is 0. The van der Waals surface area contributed by atoms with Gasteiger partial charge in [0.05, 0.1) is 0 Å². The monoisotopic (exact) mass is 190 g/mol. The van der Waals surface area contributed by atoms with E-state index in [0.29, 0.717) is 0 Å². The van der Waals surface area contributed by atoms with Gasteiger partial charge in [0.25, 0.3) is 0 Å². The van der Waals surface area contributed by atoms with Gasteiger partial charge in [0.1, 0.15) is 0 Å². The summed E-state index contributed by atoms with van der Waals surface area (Å²) in [5.74, 6) is 0.0711. The minimum Gasteiger partial charge on any atom is -0.872 e. The van der Waals surface area contributed by atoms with Crippen LogP contribution in [-0.2, 0) is 6.42 Å². The first-order valence-corrected chi connectivity index (χ1v) is 4.64. The fourth-order valence-electron chi connectivity index (χ4n) is 1.44. The van der Waals surface area contributed by atoms with Crippen LogP contribution in [0.25, 0.3) is 0 Å². The van der Waals surface area contributed by atoms with Crippen LogP contribution in [0.15, 0.2) is 54.6 Å². The summed E-state index contributed by atoms with van der Waals surface area (Å²) in [5.41, 5.74) is 2.45. The molecule has 15 heavy (non-hydrogen) atoms. The van der Waals surface area contributed by atoms with Gasteiger partial charge in [-0.15, -0.1) is 5.75 Å². The van der Waals surface area contributed by atoms with Crippen LogP contribution >= 0.6 is 0 Å². The van der Waals surface area contributed by atoms with Gasteiger partial charge in [-0.25, -0.2) is 0 Å². The van der Waals surface area contributed by atoms with E-state index in [0.717, 1.165) is 6.42 Å². The Kier molecular flexibility index (Phi) is 4.49. The minimum absolute atomic E-state index is 0. The molecule has 2 aromatic rings. The van der Waals surface area contributed by atoms with Crippen LogP contribution in [0.2, 0.25) is 0 Å². The van der Waals surface area contributed by atoms with E-state index in [4.69, 9.17) is 0 Å². The average Bonchev–Trinajstić information content (AvgIpc) is 2.23. The number of rotatable bonds is 2. The maximum absolute atomic E-state index is 10.9. The second-order valence-electron chi connectivity index (χ2n) is 3.31. The Balaban J connectivity index is 0.00000112. The van der Waals surface area contributed by atoms with Gasteiger partial charge in [-0.2, -0.15) is 0 Å². The molecule has 0 saturated heterocycles. The van der Waals surface area contributed by atoms with Crippen molar-refractivity contribution in [3.05, 3.63) is 65.7 Å². The Labute approximate surface area is 102 Å². The van der Waals surface area contributed by atoms with E-state index in [1.165, 1.54) is 11.1 Å². The zero-order valence-corrected chi connectivity index (χ0v) is 8.81. The molecule has 0 radical (unpaired) electrons. The van der Waals surface area contributed by atoms with Crippen LogP contribution in [-0.4, -0.2) is 0 Å². The molecule has 0 spiro atoms. The zero-order valence-electron chi connectivity index (χ0n) is 8.81. The molecule has 0 unspecified atom stereocenters. The van der Waals surface area contributed by atoms with Gasteiger partial charge in [-0.05, 0) is 17.5 Å². The van der Waals surface area contributed by atoms with Gasteiger partial charge in [0.15, 0.2) is 0 Å². The summed E-state index contributed by atoms with van der Waals surface area (Å²) in [6.07, 6.45) is 0.890. The van der Waals surface area contributed by atoms with Crippen molar-refractivity contribution in [3.63, 3.8) is 0 Å². The summed E-state index contributed by atoms with van der Waals surface area (Å²) >= 11 is 0. The Morgan fingerprint density at radius 2 is 1.27 bits per heavy atom. The van der Waals surface area contributed by atoms with Crippen LogP contribution in [0, 0.1) is 0 Å². The van der Waals surface area contributed by atoms with Crippen LogP contribution in [0.1, 0.15) is 11.1 Å². The molecule has 0 aliphatic heterocycles. The molecule has 0 atom stereocenters. The Bertz CT molecular complexity index is 395. The van der Waals surface area contributed by atoms with Gasteiger partial charge >= 0.3 is 18.9 Å². The molecule has 0 amide bonds. The van der Waals surface area contributed by atoms with E-state index in [9.17, 15) is 5.11 Å². The smallest absolute Gasteiger partial charge is 0.872 e. The van der Waals surface area contributed by atoms with Crippen LogP contribution in [0.4, 0.5) is 0 Å². The van der Waals surface area contributed by atoms with Crippen molar-refractivity contribution in [2.75, 3.05) is 0 Å². The first-order valence-electron chi connectivity index (χ1n) is 4.64. The van der Waals surface area contributed by atoms with Crippen molar-refractivity contribution in [2.45, 2.75) is 6.42 Å². The SMILES string of the molecule is [Li+].[O-]c1ccc(Cc2ccccc2)cc1. The van der Waals surface area contributed by atoms with Gasteiger partial charge < -0.3 is 5.11 Å². The Morgan fingerprint density at radius 3 is 1.87 bits per heavy atom. The molecule has 0 heterocycles. The van der Waals surface area contributed by atoms with Crippen molar-refractivity contribution in [3.8, 4) is 5.75 Å². The quantitative estimate of drug-likeness (QED) is 0.577. The second-order valence-corrected chi connectivity index (χ2v) is 3.31. The summed E-state index contributed by atoms with van der Waals surface area (Å²) in [5, 5.41) is 10.9. The molecule has 70 valence electrons. The van der Waals surface area contributed by atoms with E-state index >= 15 is 0 Å². The van der Waals surface area contributed by atoms with Crippen LogP contribution in [0.3, 0.4) is 0 Å². The molecular formula is C13H11LiO. The fraction of sp³-hybridized carbons (Fsp3) is 0.0769. The Morgan fingerprint density at radius 1 is 0.733 bits per heavy atom. The fourth-order valence-corrected chi connectivity index (χ4v) is 1.44. The number of benzene rings is 2. The summed E-state index contributed by atoms with van der Waals surface area (Å²) < 4.78 is 0. The minimum atomic E-state index is 0. The number of hydrogen-bond donors (Lipinski definition) is 0. The van der Waals surface area contributed by atoms with Crippen LogP contribution < -0.4 is 24.0 Å². The maximum Gasteiger partial charge on any atom is 1.00 e. The normalized spacial score (nSPS) is 9.33. The molecule has 0 saturated carbocycles. The zero-order chi connectivity index (χ0) is 9.80. The van der Waals surface area contributed by atoms with Gasteiger partial charge in [0.2, 0.25) is 0 Å². The summed E-state index contributed by atoms with van der Waals surface area (Å²) in [7, 11) is 0. The van der Waals surface area contributed by atoms with Gasteiger partial charge in [-0.3, -0.25) is 0 Å². The first-order chi connectivity index (χ1) is 6.84. The second kappa shape index (κ2) is 5.65. The molecule has 0 fully saturated rings. The average molecular weight is 190 g/mol. The summed E-state index contributed by atoms with van der Waals surface area (Å²) in [6, 6.07) is 17.2. The third-order valence-electron chi connectivity index (χ3n) is 2.17. The first kappa shape index (κ1) is 11.9. The third kappa shape index (κ3) is 3.47. The molecule has 0 N–H and O–H groups in total. The van der Waals surface area contributed by atoms with Gasteiger partial charge in [-0.1, -0.05) is 54.6 Å². The standard InChI is InChI=1S/C13H12O.Li/c14-13-8-6-12(7-9-13)10-11-4-2-1-3-5-11;/h1-9,14H,10H2;/q;+1/p-1. The molecular weight excluding hydrogens is 179 g/mol. The van der Waals surface area contributed by atoms with Gasteiger partial charge in [0, 0.05) is 0 Å². The molecule has 2 rings (SSSR count). The molecule has 0 aliphatic carbocycles. The third-order valence-corrected chi connectivity index (χ3v) is 2.17. The van der Waals surface area contributed by atoms with Crippen molar-refractivity contribution >= 4 is 0 Å². The topological polar surface area (TPSA) is 23.1 Å². The van der Waals surface area contributed by atoms with Crippen molar-refractivity contribution in [1.82, 2.24) is 0 Å². The van der Waals surface area contributed by atoms with Crippen LogP contribution in [0.5, 0.6) is 5.75 Å². The Hall–Kier alpha value is -1.16. The molecule has 2 heteroatoms. The number of hydrogen-bond acceptors (Lipinski definition) is 1. The van der Waals surface area contributed by atoms with E-state index in [-0.39, 0.29) is 24.6 Å². The van der Waals surface area contributed by atoms with E-state index in [1.54, 1.807) is 12.1 Å². The molecule has 1 nitrogen and oxygen atoms in total. The maximum atomic E-state index is 10.9. The molecule has 0 aromatic heterocycles. The largest absolute Gasteiger partial charge is 1.00 e.